The molecule has 0 bridgehead atoms. The van der Waals surface area contributed by atoms with Crippen molar-refractivity contribution in [3.05, 3.63) is 211 Å². The van der Waals surface area contributed by atoms with E-state index in [0.717, 1.165) is 97.9 Å². The first-order chi connectivity index (χ1) is 40.0. The number of hydrogen-bond acceptors (Lipinski definition) is 3. The molecule has 0 N–H and O–H groups in total. The summed E-state index contributed by atoms with van der Waals surface area (Å²) >= 11 is 0. The molecule has 0 spiro atoms. The van der Waals surface area contributed by atoms with Crippen LogP contribution in [0.4, 0.5) is 0 Å². The smallest absolute Gasteiger partial charge is 0.193 e. The van der Waals surface area contributed by atoms with Gasteiger partial charge in [0, 0.05) is 33.4 Å². The van der Waals surface area contributed by atoms with Crippen LogP contribution in [0.3, 0.4) is 0 Å². The summed E-state index contributed by atoms with van der Waals surface area (Å²) < 4.78 is 0. The Kier molecular flexibility index (Phi) is 27.1. The number of ketones is 3. The van der Waals surface area contributed by atoms with Crippen molar-refractivity contribution in [2.45, 2.75) is 258 Å². The van der Waals surface area contributed by atoms with Crippen LogP contribution in [-0.2, 0) is 35.5 Å². The van der Waals surface area contributed by atoms with Crippen LogP contribution in [0.2, 0.25) is 0 Å². The third-order valence-corrected chi connectivity index (χ3v) is 17.5. The Hall–Kier alpha value is -5.67. The summed E-state index contributed by atoms with van der Waals surface area (Å²) in [4.78, 5) is 41.1. The fourth-order valence-corrected chi connectivity index (χ4v) is 12.3. The molecule has 0 aromatic heterocycles. The summed E-state index contributed by atoms with van der Waals surface area (Å²) in [6.45, 7) is 53.4. The Morgan fingerprint density at radius 2 is 0.640 bits per heavy atom. The maximum Gasteiger partial charge on any atom is 0.193 e. The van der Waals surface area contributed by atoms with Gasteiger partial charge in [0.2, 0.25) is 0 Å². The highest BCUT2D eigenvalue weighted by atomic mass is 16.1. The van der Waals surface area contributed by atoms with Crippen molar-refractivity contribution in [2.75, 3.05) is 0 Å². The molecule has 6 aromatic carbocycles. The lowest BCUT2D eigenvalue weighted by atomic mass is 9.69. The Balaban J connectivity index is 0.000000277. The van der Waals surface area contributed by atoms with Crippen LogP contribution in [0.25, 0.3) is 0 Å². The van der Waals surface area contributed by atoms with Crippen LogP contribution in [0.5, 0.6) is 0 Å². The van der Waals surface area contributed by atoms with Crippen LogP contribution >= 0.6 is 0 Å². The highest BCUT2D eigenvalue weighted by Crippen LogP contribution is 2.40. The summed E-state index contributed by atoms with van der Waals surface area (Å²) in [5.74, 6) is 4.18. The topological polar surface area (TPSA) is 51.2 Å². The zero-order chi connectivity index (χ0) is 64.6. The highest BCUT2D eigenvalue weighted by Gasteiger charge is 2.32. The van der Waals surface area contributed by atoms with Crippen molar-refractivity contribution in [1.82, 2.24) is 0 Å². The summed E-state index contributed by atoms with van der Waals surface area (Å²) in [5, 5.41) is 0. The minimum Gasteiger partial charge on any atom is -0.289 e. The molecule has 0 saturated heterocycles. The molecule has 1 atom stereocenters. The summed E-state index contributed by atoms with van der Waals surface area (Å²) in [7, 11) is 0. The average Bonchev–Trinajstić information content (AvgIpc) is 2.08. The summed E-state index contributed by atoms with van der Waals surface area (Å²) in [5.41, 5.74) is 15.8. The molecular formula is C83H118O3. The molecule has 86 heavy (non-hydrogen) atoms. The largest absolute Gasteiger partial charge is 0.289 e. The lowest BCUT2D eigenvalue weighted by Crippen LogP contribution is -2.28. The van der Waals surface area contributed by atoms with Gasteiger partial charge in [0.15, 0.2) is 17.3 Å². The van der Waals surface area contributed by atoms with Crippen molar-refractivity contribution < 1.29 is 14.4 Å². The standard InChI is InChI=1S/C30H44O.C27H38O.C26H36O/c1-20(2)18-30(10,22(5)6)19-23-15-16-27(29(7,8)9)26(17-23)28(31)25-14-12-11-13-24(25)21(3)4;1-19(2)12-8-9-13-21-16-17-25(27(5,6)7)24(18-21)26(28)23-15-11-10-14-22(23)20(3)4;1-18(2)11-10-12-20-15-16-24(26(5,6)7)23(17-20)25(27)22-14-9-8-13-21(22)19(3)4/h11-17,20-22H,18-19H2,1-10H3;10-11,14-20H,8-9,12-13H2,1-7H3;8-9,13-19H,10-12H2,1-7H3. The van der Waals surface area contributed by atoms with E-state index >= 15 is 0 Å². The van der Waals surface area contributed by atoms with E-state index in [1.165, 1.54) is 55.2 Å². The van der Waals surface area contributed by atoms with E-state index in [2.05, 4.69) is 239 Å². The van der Waals surface area contributed by atoms with Crippen molar-refractivity contribution in [2.24, 2.45) is 29.1 Å². The maximum absolute atomic E-state index is 13.9. The first-order valence-electron chi connectivity index (χ1n) is 33.3. The fraction of sp³-hybridized carbons (Fsp3) is 0.530. The lowest BCUT2D eigenvalue weighted by molar-refractivity contribution is 0.102. The normalized spacial score (nSPS) is 12.9. The van der Waals surface area contributed by atoms with E-state index in [0.29, 0.717) is 29.6 Å². The molecule has 1 unspecified atom stereocenters. The van der Waals surface area contributed by atoms with Crippen molar-refractivity contribution in [1.29, 1.82) is 0 Å². The van der Waals surface area contributed by atoms with Gasteiger partial charge in [0.25, 0.3) is 0 Å². The van der Waals surface area contributed by atoms with Gasteiger partial charge >= 0.3 is 0 Å². The van der Waals surface area contributed by atoms with Crippen molar-refractivity contribution >= 4 is 17.3 Å². The number of aryl methyl sites for hydroxylation is 2. The highest BCUT2D eigenvalue weighted by molar-refractivity contribution is 6.12. The Morgan fingerprint density at radius 3 is 0.942 bits per heavy atom. The number of carbonyl (C=O) groups is 3. The lowest BCUT2D eigenvalue weighted by Gasteiger charge is -2.36. The Labute approximate surface area is 526 Å². The molecule has 3 nitrogen and oxygen atoms in total. The number of rotatable bonds is 23. The summed E-state index contributed by atoms with van der Waals surface area (Å²) in [6, 6.07) is 44.0. The quantitative estimate of drug-likeness (QED) is 0.0474. The van der Waals surface area contributed by atoms with Crippen LogP contribution in [-0.4, -0.2) is 17.3 Å². The fourth-order valence-electron chi connectivity index (χ4n) is 12.3. The van der Waals surface area contributed by atoms with Crippen LogP contribution < -0.4 is 0 Å². The molecule has 468 valence electrons. The molecule has 6 aromatic rings. The van der Waals surface area contributed by atoms with Gasteiger partial charge in [-0.15, -0.1) is 0 Å². The first-order valence-corrected chi connectivity index (χ1v) is 33.3. The molecule has 0 amide bonds. The predicted molar refractivity (Wildman–Crippen MR) is 374 cm³/mol. The van der Waals surface area contributed by atoms with E-state index < -0.39 is 0 Å². The van der Waals surface area contributed by atoms with E-state index in [9.17, 15) is 14.4 Å². The number of hydrogen-bond donors (Lipinski definition) is 0. The number of unbranched alkanes of at least 4 members (excludes halogenated alkanes) is 1. The second-order valence-corrected chi connectivity index (χ2v) is 31.1. The van der Waals surface area contributed by atoms with E-state index in [-0.39, 0.29) is 39.0 Å². The molecule has 0 aliphatic carbocycles. The second-order valence-electron chi connectivity index (χ2n) is 31.1. The van der Waals surface area contributed by atoms with E-state index in [4.69, 9.17) is 0 Å². The first kappa shape index (κ1) is 72.8. The molecule has 0 fully saturated rings. The van der Waals surface area contributed by atoms with E-state index in [1.54, 1.807) is 0 Å². The SMILES string of the molecule is CC(C)CC(C)(Cc1ccc(C(C)(C)C)c(C(=O)c2ccccc2C(C)C)c1)C(C)C.CC(C)CCCCc1ccc(C(C)(C)C)c(C(=O)c2ccccc2C(C)C)c1.CC(C)CCCc1ccc(C(C)(C)C)c(C(=O)c2ccccc2C(C)C)c1. The number of carbonyl (C=O) groups excluding carboxylic acids is 3. The molecule has 0 radical (unpaired) electrons. The second kappa shape index (κ2) is 32.0. The third-order valence-electron chi connectivity index (χ3n) is 17.5. The molecule has 0 heterocycles. The maximum atomic E-state index is 13.9. The van der Waals surface area contributed by atoms with E-state index in [1.807, 2.05) is 54.6 Å². The monoisotopic (exact) mass is 1160 g/mol. The van der Waals surface area contributed by atoms with Gasteiger partial charge < -0.3 is 0 Å². The van der Waals surface area contributed by atoms with Gasteiger partial charge in [-0.1, -0.05) is 295 Å². The van der Waals surface area contributed by atoms with Gasteiger partial charge in [-0.2, -0.15) is 0 Å². The zero-order valence-corrected chi connectivity index (χ0v) is 58.8. The minimum absolute atomic E-state index is 0.0613. The number of benzene rings is 6. The van der Waals surface area contributed by atoms with Crippen molar-refractivity contribution in [3.63, 3.8) is 0 Å². The molecule has 0 aliphatic rings. The van der Waals surface area contributed by atoms with Gasteiger partial charge in [-0.3, -0.25) is 14.4 Å². The minimum atomic E-state index is -0.0877. The molecular weight excluding hydrogens is 1040 g/mol. The van der Waals surface area contributed by atoms with Gasteiger partial charge in [-0.05, 0) is 170 Å². The van der Waals surface area contributed by atoms with Gasteiger partial charge in [0.05, 0.1) is 0 Å². The van der Waals surface area contributed by atoms with Gasteiger partial charge in [0.1, 0.15) is 0 Å². The predicted octanol–water partition coefficient (Wildman–Crippen LogP) is 23.6. The summed E-state index contributed by atoms with van der Waals surface area (Å²) in [6.07, 6.45) is 10.4. The van der Waals surface area contributed by atoms with Crippen LogP contribution in [0, 0.1) is 29.1 Å². The molecule has 6 rings (SSSR count). The zero-order valence-electron chi connectivity index (χ0n) is 58.8. The average molecular weight is 1160 g/mol. The Morgan fingerprint density at radius 1 is 0.337 bits per heavy atom. The third kappa shape index (κ3) is 21.0. The van der Waals surface area contributed by atoms with Crippen molar-refractivity contribution in [3.8, 4) is 0 Å². The molecule has 3 heteroatoms. The molecule has 0 aliphatic heterocycles. The van der Waals surface area contributed by atoms with Crippen LogP contribution in [0.15, 0.2) is 127 Å². The Bertz CT molecular complexity index is 3130. The van der Waals surface area contributed by atoms with Crippen LogP contribution in [0.1, 0.15) is 320 Å². The molecule has 0 saturated carbocycles. The van der Waals surface area contributed by atoms with Gasteiger partial charge in [-0.25, -0.2) is 0 Å².